The zero-order valence-electron chi connectivity index (χ0n) is 3.96. The lowest BCUT2D eigenvalue weighted by molar-refractivity contribution is 0.0444. The van der Waals surface area contributed by atoms with Gasteiger partial charge in [0.15, 0.2) is 0 Å². The topological polar surface area (TPSA) is 29.1 Å². The van der Waals surface area contributed by atoms with Crippen LogP contribution in [0.4, 0.5) is 0 Å². The molecule has 0 aliphatic carbocycles. The maximum Gasteiger partial charge on any atom is 0.112 e. The van der Waals surface area contributed by atoms with Crippen molar-refractivity contribution in [3.05, 3.63) is 12.2 Å². The van der Waals surface area contributed by atoms with Gasteiger partial charge in [0.05, 0.1) is 6.61 Å². The highest BCUT2D eigenvalue weighted by molar-refractivity contribution is 4.94. The molecule has 1 rings (SSSR count). The second-order valence-corrected chi connectivity index (χ2v) is 1.47. The fourth-order valence-electron chi connectivity index (χ4n) is 0.546. The first-order chi connectivity index (χ1) is 3.43. The Hall–Kier alpha value is -0.340. The van der Waals surface area contributed by atoms with Crippen LogP contribution in [0.15, 0.2) is 12.2 Å². The monoisotopic (exact) mass is 99.0 g/mol. The average molecular weight is 99.1 g/mol. The van der Waals surface area contributed by atoms with Crippen molar-refractivity contribution in [1.82, 2.24) is 0 Å². The molecule has 39 valence electrons. The molecule has 1 unspecified atom stereocenters. The Morgan fingerprint density at radius 3 is 3.00 bits per heavy atom. The lowest BCUT2D eigenvalue weighted by atomic mass is 10.4. The van der Waals surface area contributed by atoms with E-state index in [-0.39, 0.29) is 12.7 Å². The molecule has 0 spiro atoms. The molecule has 2 nitrogen and oxygen atoms in total. The van der Waals surface area contributed by atoms with E-state index in [4.69, 9.17) is 4.74 Å². The van der Waals surface area contributed by atoms with Gasteiger partial charge in [-0.25, -0.2) is 5.11 Å². The van der Waals surface area contributed by atoms with Gasteiger partial charge in [0, 0.05) is 0 Å². The largest absolute Gasteiger partial charge is 0.368 e. The minimum absolute atomic E-state index is 0.139. The highest BCUT2D eigenvalue weighted by Crippen LogP contribution is 2.00. The fourth-order valence-corrected chi connectivity index (χ4v) is 0.546. The molecule has 2 heteroatoms. The molecule has 0 saturated carbocycles. The fraction of sp³-hybridized carbons (Fsp3) is 0.600. The molecular weight excluding hydrogens is 92.1 g/mol. The molecule has 0 aromatic rings. The summed E-state index contributed by atoms with van der Waals surface area (Å²) in [6.45, 7) is 0.476. The van der Waals surface area contributed by atoms with Gasteiger partial charge >= 0.3 is 0 Å². The SMILES string of the molecule is [O]CC1C=CCO1. The molecule has 0 amide bonds. The van der Waals surface area contributed by atoms with E-state index in [1.165, 1.54) is 0 Å². The van der Waals surface area contributed by atoms with Crippen molar-refractivity contribution >= 4 is 0 Å². The first-order valence-electron chi connectivity index (χ1n) is 2.30. The summed E-state index contributed by atoms with van der Waals surface area (Å²) in [6, 6.07) is 0. The highest BCUT2D eigenvalue weighted by Gasteiger charge is 2.06. The first-order valence-corrected chi connectivity index (χ1v) is 2.30. The van der Waals surface area contributed by atoms with Gasteiger partial charge in [-0.3, -0.25) is 0 Å². The van der Waals surface area contributed by atoms with Crippen molar-refractivity contribution in [2.75, 3.05) is 13.2 Å². The molecule has 0 aromatic heterocycles. The van der Waals surface area contributed by atoms with Gasteiger partial charge in [-0.15, -0.1) is 0 Å². The third kappa shape index (κ3) is 1.01. The van der Waals surface area contributed by atoms with Crippen LogP contribution in [0.5, 0.6) is 0 Å². The Balaban J connectivity index is 2.28. The van der Waals surface area contributed by atoms with Crippen LogP contribution >= 0.6 is 0 Å². The van der Waals surface area contributed by atoms with E-state index in [0.29, 0.717) is 6.61 Å². The zero-order valence-corrected chi connectivity index (χ0v) is 3.96. The highest BCUT2D eigenvalue weighted by atomic mass is 16.5. The van der Waals surface area contributed by atoms with Crippen molar-refractivity contribution in [2.45, 2.75) is 6.10 Å². The lowest BCUT2D eigenvalue weighted by Gasteiger charge is -1.98. The summed E-state index contributed by atoms with van der Waals surface area (Å²) in [6.07, 6.45) is 3.52. The standard InChI is InChI=1S/C5H7O2/c6-4-5-2-1-3-7-5/h1-2,5H,3-4H2. The minimum Gasteiger partial charge on any atom is -0.368 e. The van der Waals surface area contributed by atoms with Crippen molar-refractivity contribution < 1.29 is 9.84 Å². The summed E-state index contributed by atoms with van der Waals surface area (Å²) in [5.74, 6) is 0. The minimum atomic E-state index is -0.142. The van der Waals surface area contributed by atoms with E-state index in [0.717, 1.165) is 0 Å². The van der Waals surface area contributed by atoms with Crippen LogP contribution in [0.3, 0.4) is 0 Å². The van der Waals surface area contributed by atoms with Crippen LogP contribution in [-0.2, 0) is 9.84 Å². The Morgan fingerprint density at radius 2 is 2.71 bits per heavy atom. The Morgan fingerprint density at radius 1 is 1.86 bits per heavy atom. The third-order valence-corrected chi connectivity index (χ3v) is 0.922. The quantitative estimate of drug-likeness (QED) is 0.437. The van der Waals surface area contributed by atoms with Gasteiger partial charge in [0.2, 0.25) is 0 Å². The Kier molecular flexibility index (Phi) is 1.44. The number of rotatable bonds is 1. The summed E-state index contributed by atoms with van der Waals surface area (Å²) < 4.78 is 4.88. The predicted molar refractivity (Wildman–Crippen MR) is 24.4 cm³/mol. The van der Waals surface area contributed by atoms with Crippen molar-refractivity contribution in [3.8, 4) is 0 Å². The normalized spacial score (nSPS) is 29.0. The number of ether oxygens (including phenoxy) is 1. The molecule has 0 bridgehead atoms. The van der Waals surface area contributed by atoms with Crippen molar-refractivity contribution in [1.29, 1.82) is 0 Å². The van der Waals surface area contributed by atoms with E-state index in [2.05, 4.69) is 0 Å². The summed E-state index contributed by atoms with van der Waals surface area (Å²) in [5, 5.41) is 9.96. The van der Waals surface area contributed by atoms with Crippen molar-refractivity contribution in [2.24, 2.45) is 0 Å². The van der Waals surface area contributed by atoms with Gasteiger partial charge in [0.1, 0.15) is 12.7 Å². The van der Waals surface area contributed by atoms with Gasteiger partial charge in [0.25, 0.3) is 0 Å². The molecule has 0 fully saturated rings. The van der Waals surface area contributed by atoms with Crippen LogP contribution in [0.25, 0.3) is 0 Å². The number of hydrogen-bond acceptors (Lipinski definition) is 1. The van der Waals surface area contributed by atoms with Gasteiger partial charge in [-0.2, -0.15) is 0 Å². The molecular formula is C5H7O2. The summed E-state index contributed by atoms with van der Waals surface area (Å²) in [7, 11) is 0. The first kappa shape index (κ1) is 4.81. The van der Waals surface area contributed by atoms with Gasteiger partial charge in [-0.1, -0.05) is 12.2 Å². The smallest absolute Gasteiger partial charge is 0.112 e. The van der Waals surface area contributed by atoms with E-state index >= 15 is 0 Å². The summed E-state index contributed by atoms with van der Waals surface area (Å²) in [5.41, 5.74) is 0. The lowest BCUT2D eigenvalue weighted by Crippen LogP contribution is -2.07. The second-order valence-electron chi connectivity index (χ2n) is 1.47. The second kappa shape index (κ2) is 2.09. The van der Waals surface area contributed by atoms with Gasteiger partial charge in [-0.05, 0) is 0 Å². The van der Waals surface area contributed by atoms with E-state index in [9.17, 15) is 5.11 Å². The molecule has 7 heavy (non-hydrogen) atoms. The Bertz CT molecular complexity index is 78.1. The Labute approximate surface area is 42.4 Å². The van der Waals surface area contributed by atoms with Gasteiger partial charge < -0.3 is 4.74 Å². The van der Waals surface area contributed by atoms with Crippen LogP contribution in [-0.4, -0.2) is 19.3 Å². The molecule has 0 N–H and O–H groups in total. The summed E-state index contributed by atoms with van der Waals surface area (Å²) >= 11 is 0. The molecule has 1 aliphatic heterocycles. The summed E-state index contributed by atoms with van der Waals surface area (Å²) in [4.78, 5) is 0. The molecule has 1 atom stereocenters. The van der Waals surface area contributed by atoms with Crippen LogP contribution in [0.1, 0.15) is 0 Å². The molecule has 0 aromatic carbocycles. The molecule has 1 heterocycles. The molecule has 1 aliphatic rings. The molecule has 0 saturated heterocycles. The number of hydrogen-bond donors (Lipinski definition) is 0. The molecule has 1 radical (unpaired) electrons. The maximum atomic E-state index is 9.96. The van der Waals surface area contributed by atoms with Crippen LogP contribution < -0.4 is 0 Å². The predicted octanol–water partition coefficient (Wildman–Crippen LogP) is 0.372. The van der Waals surface area contributed by atoms with E-state index in [1.807, 2.05) is 6.08 Å². The van der Waals surface area contributed by atoms with E-state index in [1.54, 1.807) is 6.08 Å². The van der Waals surface area contributed by atoms with Crippen LogP contribution in [0, 0.1) is 0 Å². The zero-order chi connectivity index (χ0) is 5.11. The van der Waals surface area contributed by atoms with E-state index < -0.39 is 0 Å². The average Bonchev–Trinajstić information content (AvgIpc) is 2.14. The van der Waals surface area contributed by atoms with Crippen molar-refractivity contribution in [3.63, 3.8) is 0 Å². The third-order valence-electron chi connectivity index (χ3n) is 0.922. The van der Waals surface area contributed by atoms with Crippen LogP contribution in [0.2, 0.25) is 0 Å². The maximum absolute atomic E-state index is 9.96.